The van der Waals surface area contributed by atoms with Crippen LogP contribution in [0.15, 0.2) is 77.2 Å². The third-order valence-corrected chi connectivity index (χ3v) is 6.13. The highest BCUT2D eigenvalue weighted by molar-refractivity contribution is 7.18. The van der Waals surface area contributed by atoms with Gasteiger partial charge in [0.15, 0.2) is 5.76 Å². The molecule has 2 heterocycles. The first-order chi connectivity index (χ1) is 15.2. The van der Waals surface area contributed by atoms with Crippen LogP contribution >= 0.6 is 11.3 Å². The first-order valence-corrected chi connectivity index (χ1v) is 10.8. The number of nitrogens with zero attached hydrogens (tertiary/aromatic N) is 1. The van der Waals surface area contributed by atoms with Crippen molar-refractivity contribution >= 4 is 44.1 Å². The minimum atomic E-state index is -0.290. The summed E-state index contributed by atoms with van der Waals surface area (Å²) in [5.41, 5.74) is 4.31. The van der Waals surface area contributed by atoms with Gasteiger partial charge >= 0.3 is 0 Å². The molecule has 0 bridgehead atoms. The Bertz CT molecular complexity index is 1340. The summed E-state index contributed by atoms with van der Waals surface area (Å²) >= 11 is 1.71. The number of anilines is 1. The summed E-state index contributed by atoms with van der Waals surface area (Å²) in [5.74, 6) is -0.0104. The number of hydrogen-bond donors (Lipinski definition) is 1. The zero-order chi connectivity index (χ0) is 21.2. The number of ether oxygens (including phenoxy) is 1. The summed E-state index contributed by atoms with van der Waals surface area (Å²) in [6.45, 7) is 0.306. The smallest absolute Gasteiger partial charge is 0.291 e. The number of nitrogens with one attached hydrogen (secondary N) is 1. The molecule has 0 aliphatic rings. The lowest BCUT2D eigenvalue weighted by Gasteiger charge is -2.06. The van der Waals surface area contributed by atoms with Crippen molar-refractivity contribution in [2.75, 3.05) is 12.4 Å². The highest BCUT2D eigenvalue weighted by atomic mass is 32.1. The normalized spacial score (nSPS) is 11.3. The summed E-state index contributed by atoms with van der Waals surface area (Å²) in [4.78, 5) is 17.6. The van der Waals surface area contributed by atoms with Crippen LogP contribution in [-0.4, -0.2) is 18.0 Å². The summed E-state index contributed by atoms with van der Waals surface area (Å²) in [7, 11) is 1.60. The number of benzene rings is 3. The molecule has 0 spiro atoms. The molecule has 0 radical (unpaired) electrons. The fourth-order valence-electron chi connectivity index (χ4n) is 3.63. The van der Waals surface area contributed by atoms with Gasteiger partial charge in [-0.1, -0.05) is 42.5 Å². The van der Waals surface area contributed by atoms with Crippen LogP contribution in [0.1, 0.15) is 26.7 Å². The lowest BCUT2D eigenvalue weighted by atomic mass is 10.1. The Kier molecular flexibility index (Phi) is 5.24. The molecule has 0 saturated heterocycles. The van der Waals surface area contributed by atoms with Crippen LogP contribution < -0.4 is 5.32 Å². The van der Waals surface area contributed by atoms with E-state index in [1.165, 1.54) is 4.70 Å². The Morgan fingerprint density at radius 3 is 2.61 bits per heavy atom. The maximum atomic E-state index is 12.9. The van der Waals surface area contributed by atoms with Gasteiger partial charge in [-0.2, -0.15) is 0 Å². The molecule has 0 fully saturated rings. The van der Waals surface area contributed by atoms with E-state index < -0.39 is 0 Å². The molecule has 0 unspecified atom stereocenters. The Balaban J connectivity index is 1.33. The molecule has 3 aromatic carbocycles. The fourth-order valence-corrected chi connectivity index (χ4v) is 4.64. The monoisotopic (exact) mass is 428 g/mol. The Labute approximate surface area is 183 Å². The number of rotatable bonds is 6. The average molecular weight is 429 g/mol. The molecule has 5 rings (SSSR count). The van der Waals surface area contributed by atoms with E-state index in [9.17, 15) is 4.79 Å². The summed E-state index contributed by atoms with van der Waals surface area (Å²) in [6, 6.07) is 23.6. The van der Waals surface area contributed by atoms with Gasteiger partial charge in [-0.25, -0.2) is 4.98 Å². The Morgan fingerprint density at radius 1 is 1.03 bits per heavy atom. The number of fused-ring (bicyclic) bond motifs is 2. The van der Waals surface area contributed by atoms with E-state index in [4.69, 9.17) is 14.1 Å². The molecule has 2 aromatic heterocycles. The average Bonchev–Trinajstić information content (AvgIpc) is 3.36. The van der Waals surface area contributed by atoms with E-state index in [1.54, 1.807) is 18.4 Å². The summed E-state index contributed by atoms with van der Waals surface area (Å²) in [6.07, 6.45) is 0.759. The quantitative estimate of drug-likeness (QED) is 0.358. The molecule has 1 N–H and O–H groups in total. The molecule has 31 heavy (non-hydrogen) atoms. The summed E-state index contributed by atoms with van der Waals surface area (Å²) < 4.78 is 12.3. The second kappa shape index (κ2) is 8.34. The second-order valence-electron chi connectivity index (χ2n) is 7.24. The molecule has 5 nitrogen and oxygen atoms in total. The van der Waals surface area contributed by atoms with Crippen molar-refractivity contribution in [2.45, 2.75) is 13.0 Å². The van der Waals surface area contributed by atoms with Crippen molar-refractivity contribution in [3.63, 3.8) is 0 Å². The molecule has 0 aliphatic carbocycles. The standard InChI is InChI=1S/C25H20N2O3S/c1-29-15-19-18-6-2-4-8-21(18)30-24(19)25(28)26-17-12-10-16(11-13-17)14-23-27-20-7-3-5-9-22(20)31-23/h2-13H,14-15H2,1H3,(H,26,28). The second-order valence-corrected chi connectivity index (χ2v) is 8.36. The molecule has 6 heteroatoms. The molecule has 0 aliphatic heterocycles. The Morgan fingerprint density at radius 2 is 1.81 bits per heavy atom. The fraction of sp³-hybridized carbons (Fsp3) is 0.120. The van der Waals surface area contributed by atoms with Crippen LogP contribution in [0, 0.1) is 0 Å². The van der Waals surface area contributed by atoms with Crippen molar-refractivity contribution in [1.82, 2.24) is 4.98 Å². The number of carbonyl (C=O) groups excluding carboxylic acids is 1. The van der Waals surface area contributed by atoms with Crippen molar-refractivity contribution in [3.8, 4) is 0 Å². The van der Waals surface area contributed by atoms with Crippen LogP contribution in [0.5, 0.6) is 0 Å². The van der Waals surface area contributed by atoms with Crippen molar-refractivity contribution in [1.29, 1.82) is 0 Å². The lowest BCUT2D eigenvalue weighted by molar-refractivity contribution is 0.0992. The van der Waals surface area contributed by atoms with E-state index >= 15 is 0 Å². The zero-order valence-corrected chi connectivity index (χ0v) is 17.7. The minimum absolute atomic E-state index is 0.279. The van der Waals surface area contributed by atoms with E-state index in [0.29, 0.717) is 17.9 Å². The molecule has 0 atom stereocenters. The molecule has 1 amide bonds. The van der Waals surface area contributed by atoms with Gasteiger partial charge in [-0.3, -0.25) is 4.79 Å². The SMILES string of the molecule is COCc1c(C(=O)Nc2ccc(Cc3nc4ccccc4s3)cc2)oc2ccccc12. The first-order valence-electron chi connectivity index (χ1n) is 9.95. The lowest BCUT2D eigenvalue weighted by Crippen LogP contribution is -2.13. The van der Waals surface area contributed by atoms with Gasteiger partial charge in [0.25, 0.3) is 5.91 Å². The molecule has 154 valence electrons. The van der Waals surface area contributed by atoms with E-state index in [-0.39, 0.29) is 11.7 Å². The summed E-state index contributed by atoms with van der Waals surface area (Å²) in [5, 5.41) is 4.89. The van der Waals surface area contributed by atoms with Crippen molar-refractivity contribution < 1.29 is 13.9 Å². The molecule has 5 aromatic rings. The number of hydrogen-bond acceptors (Lipinski definition) is 5. The Hall–Kier alpha value is -3.48. The van der Waals surface area contributed by atoms with Gasteiger partial charge in [-0.15, -0.1) is 11.3 Å². The number of thiazole rings is 1. The number of amides is 1. The number of furan rings is 1. The van der Waals surface area contributed by atoms with Gasteiger partial charge in [-0.05, 0) is 35.9 Å². The van der Waals surface area contributed by atoms with Gasteiger partial charge in [0.05, 0.1) is 21.8 Å². The maximum Gasteiger partial charge on any atom is 0.291 e. The largest absolute Gasteiger partial charge is 0.451 e. The van der Waals surface area contributed by atoms with Crippen LogP contribution in [0.3, 0.4) is 0 Å². The van der Waals surface area contributed by atoms with Gasteiger partial charge in [0, 0.05) is 30.2 Å². The maximum absolute atomic E-state index is 12.9. The third kappa shape index (κ3) is 3.95. The third-order valence-electron chi connectivity index (χ3n) is 5.10. The van der Waals surface area contributed by atoms with E-state index in [2.05, 4.69) is 11.4 Å². The first kappa shape index (κ1) is 19.5. The van der Waals surface area contributed by atoms with Gasteiger partial charge < -0.3 is 14.5 Å². The highest BCUT2D eigenvalue weighted by Crippen LogP contribution is 2.28. The van der Waals surface area contributed by atoms with Crippen LogP contribution in [0.2, 0.25) is 0 Å². The highest BCUT2D eigenvalue weighted by Gasteiger charge is 2.20. The van der Waals surface area contributed by atoms with Crippen LogP contribution in [0.4, 0.5) is 5.69 Å². The molecule has 0 saturated carbocycles. The topological polar surface area (TPSA) is 64.4 Å². The zero-order valence-electron chi connectivity index (χ0n) is 16.9. The van der Waals surface area contributed by atoms with Crippen LogP contribution in [-0.2, 0) is 17.8 Å². The van der Waals surface area contributed by atoms with E-state index in [0.717, 1.165) is 33.5 Å². The molecular formula is C25H20N2O3S. The van der Waals surface area contributed by atoms with Crippen molar-refractivity contribution in [3.05, 3.63) is 94.7 Å². The van der Waals surface area contributed by atoms with Crippen molar-refractivity contribution in [2.24, 2.45) is 0 Å². The molecular weight excluding hydrogens is 408 g/mol. The minimum Gasteiger partial charge on any atom is -0.451 e. The number of para-hydroxylation sites is 2. The van der Waals surface area contributed by atoms with Gasteiger partial charge in [0.1, 0.15) is 5.58 Å². The number of aromatic nitrogens is 1. The van der Waals surface area contributed by atoms with Gasteiger partial charge in [0.2, 0.25) is 0 Å². The predicted molar refractivity (Wildman–Crippen MR) is 124 cm³/mol. The van der Waals surface area contributed by atoms with Crippen LogP contribution in [0.25, 0.3) is 21.2 Å². The number of carbonyl (C=O) groups is 1. The van der Waals surface area contributed by atoms with E-state index in [1.807, 2.05) is 66.7 Å². The predicted octanol–water partition coefficient (Wildman–Crippen LogP) is 6.03. The number of methoxy groups -OCH3 is 1.